The first-order valence-corrected chi connectivity index (χ1v) is 8.75. The number of benzene rings is 1. The molecule has 0 aliphatic rings. The van der Waals surface area contributed by atoms with Crippen LogP contribution >= 0.6 is 0 Å². The van der Waals surface area contributed by atoms with E-state index in [1.165, 1.54) is 11.1 Å². The van der Waals surface area contributed by atoms with E-state index in [2.05, 4.69) is 65.8 Å². The van der Waals surface area contributed by atoms with Crippen LogP contribution in [0.2, 0.25) is 6.04 Å². The van der Waals surface area contributed by atoms with Crippen molar-refractivity contribution in [3.05, 3.63) is 35.4 Å². The van der Waals surface area contributed by atoms with Crippen LogP contribution in [0.5, 0.6) is 0 Å². The average Bonchev–Trinajstić information content (AvgIpc) is 2.26. The van der Waals surface area contributed by atoms with Gasteiger partial charge in [-0.25, -0.2) is 0 Å². The Morgan fingerprint density at radius 2 is 1.65 bits per heavy atom. The Hall–Kier alpha value is -0.703. The molecule has 0 heterocycles. The van der Waals surface area contributed by atoms with Gasteiger partial charge in [0.2, 0.25) is 0 Å². The molecule has 0 fully saturated rings. The predicted molar refractivity (Wildman–Crippen MR) is 84.7 cm³/mol. The van der Waals surface area contributed by atoms with Gasteiger partial charge in [0.05, 0.1) is 0 Å². The van der Waals surface area contributed by atoms with Crippen LogP contribution in [-0.2, 0) is 5.41 Å². The first-order chi connectivity index (χ1) is 9.01. The molecule has 1 radical (unpaired) electrons. The van der Waals surface area contributed by atoms with Crippen molar-refractivity contribution in [2.45, 2.75) is 65.3 Å². The van der Waals surface area contributed by atoms with Crippen LogP contribution in [0.3, 0.4) is 0 Å². The maximum Gasteiger partial charge on any atom is 0.476 e. The highest BCUT2D eigenvalue weighted by Crippen LogP contribution is 2.40. The lowest BCUT2D eigenvalue weighted by Gasteiger charge is -2.32. The van der Waals surface area contributed by atoms with Crippen LogP contribution in [0, 0.1) is 5.41 Å². The second-order valence-corrected chi connectivity index (χ2v) is 8.85. The monoisotopic (exact) mass is 297 g/mol. The highest BCUT2D eigenvalue weighted by atomic mass is 28.4. The van der Waals surface area contributed by atoms with Crippen LogP contribution in [-0.4, -0.2) is 9.46 Å². The van der Waals surface area contributed by atoms with E-state index in [-0.39, 0.29) is 22.8 Å². The molecule has 0 nitrogen and oxygen atoms in total. The minimum atomic E-state index is -3.13. The fraction of sp³-hybridized carbons (Fsp3) is 0.647. The summed E-state index contributed by atoms with van der Waals surface area (Å²) in [6, 6.07) is 8.56. The normalized spacial score (nSPS) is 14.7. The van der Waals surface area contributed by atoms with Gasteiger partial charge < -0.3 is 0 Å². The van der Waals surface area contributed by atoms with E-state index >= 15 is 0 Å². The predicted octanol–water partition coefficient (Wildman–Crippen LogP) is 5.93. The Morgan fingerprint density at radius 3 is 2.10 bits per heavy atom. The zero-order chi connectivity index (χ0) is 15.6. The molecule has 0 amide bonds. The summed E-state index contributed by atoms with van der Waals surface area (Å²) in [7, 11) is -3.13. The topological polar surface area (TPSA) is 0 Å². The summed E-state index contributed by atoms with van der Waals surface area (Å²) in [4.78, 5) is 0. The molecule has 20 heavy (non-hydrogen) atoms. The maximum absolute atomic E-state index is 12.7. The Kier molecular flexibility index (Phi) is 5.53. The largest absolute Gasteiger partial charge is 0.476 e. The van der Waals surface area contributed by atoms with Crippen molar-refractivity contribution in [1.29, 1.82) is 0 Å². The third-order valence-corrected chi connectivity index (χ3v) is 4.49. The number of hydrogen-bond acceptors (Lipinski definition) is 0. The molecule has 1 rings (SSSR count). The number of hydrogen-bond donors (Lipinski definition) is 0. The summed E-state index contributed by atoms with van der Waals surface area (Å²) in [5.74, 6) is 0.191. The van der Waals surface area contributed by atoms with Crippen LogP contribution in [0.4, 0.5) is 8.22 Å². The van der Waals surface area contributed by atoms with E-state index in [4.69, 9.17) is 0 Å². The molecule has 1 atom stereocenters. The van der Waals surface area contributed by atoms with Crippen LogP contribution in [0.15, 0.2) is 24.3 Å². The Labute approximate surface area is 124 Å². The molecule has 1 aromatic carbocycles. The van der Waals surface area contributed by atoms with E-state index in [0.717, 1.165) is 0 Å². The summed E-state index contributed by atoms with van der Waals surface area (Å²) in [6.45, 7) is 13.0. The molecule has 0 aliphatic heterocycles. The molecule has 0 N–H and O–H groups in total. The van der Waals surface area contributed by atoms with E-state index < -0.39 is 9.46 Å². The average molecular weight is 297 g/mol. The van der Waals surface area contributed by atoms with Gasteiger partial charge >= 0.3 is 9.46 Å². The summed E-state index contributed by atoms with van der Waals surface area (Å²) < 4.78 is 25.3. The fourth-order valence-corrected chi connectivity index (χ4v) is 3.08. The standard InChI is InChI=1S/C17H27F2Si/c1-16(2,3)14-9-7-8-13(12-14)15(17(4,5)6)10-11-20(18)19/h7-9,12,15H,10-11H2,1-6H3. The van der Waals surface area contributed by atoms with Gasteiger partial charge in [0.1, 0.15) is 0 Å². The molecule has 3 heteroatoms. The summed E-state index contributed by atoms with van der Waals surface area (Å²) in [6.07, 6.45) is 0.582. The summed E-state index contributed by atoms with van der Waals surface area (Å²) in [5, 5.41) is 0. The van der Waals surface area contributed by atoms with Gasteiger partial charge in [-0.3, -0.25) is 8.22 Å². The van der Waals surface area contributed by atoms with E-state index in [1.54, 1.807) is 0 Å². The molecule has 1 aromatic rings. The van der Waals surface area contributed by atoms with Crippen molar-refractivity contribution in [2.24, 2.45) is 5.41 Å². The second-order valence-electron chi connectivity index (χ2n) is 7.67. The zero-order valence-corrected chi connectivity index (χ0v) is 14.6. The van der Waals surface area contributed by atoms with Gasteiger partial charge in [0.25, 0.3) is 0 Å². The lowest BCUT2D eigenvalue weighted by molar-refractivity contribution is 0.310. The van der Waals surface area contributed by atoms with Crippen molar-refractivity contribution in [1.82, 2.24) is 0 Å². The van der Waals surface area contributed by atoms with Gasteiger partial charge in [-0.15, -0.1) is 0 Å². The van der Waals surface area contributed by atoms with Gasteiger partial charge in [-0.05, 0) is 34.3 Å². The van der Waals surface area contributed by atoms with Crippen molar-refractivity contribution in [3.63, 3.8) is 0 Å². The zero-order valence-electron chi connectivity index (χ0n) is 13.6. The first-order valence-electron chi connectivity index (χ1n) is 7.29. The highest BCUT2D eigenvalue weighted by Gasteiger charge is 2.28. The second kappa shape index (κ2) is 6.38. The molecule has 0 saturated heterocycles. The Morgan fingerprint density at radius 1 is 1.05 bits per heavy atom. The quantitative estimate of drug-likeness (QED) is 0.477. The molecule has 0 aromatic heterocycles. The molecular weight excluding hydrogens is 270 g/mol. The Bertz CT molecular complexity index is 427. The molecule has 1 unspecified atom stereocenters. The van der Waals surface area contributed by atoms with E-state index in [1.807, 2.05) is 0 Å². The summed E-state index contributed by atoms with van der Waals surface area (Å²) >= 11 is 0. The molecule has 0 spiro atoms. The lowest BCUT2D eigenvalue weighted by Crippen LogP contribution is -2.20. The lowest BCUT2D eigenvalue weighted by atomic mass is 9.73. The maximum atomic E-state index is 12.7. The Balaban J connectivity index is 3.08. The van der Waals surface area contributed by atoms with Crippen LogP contribution < -0.4 is 0 Å². The van der Waals surface area contributed by atoms with Crippen molar-refractivity contribution in [3.8, 4) is 0 Å². The smallest absolute Gasteiger partial charge is 0.268 e. The van der Waals surface area contributed by atoms with Crippen LogP contribution in [0.25, 0.3) is 0 Å². The van der Waals surface area contributed by atoms with Gasteiger partial charge in [0, 0.05) is 6.04 Å². The minimum Gasteiger partial charge on any atom is -0.268 e. The van der Waals surface area contributed by atoms with Gasteiger partial charge in [0.15, 0.2) is 0 Å². The van der Waals surface area contributed by atoms with Crippen molar-refractivity contribution < 1.29 is 8.22 Å². The molecule has 0 aliphatic carbocycles. The van der Waals surface area contributed by atoms with Crippen molar-refractivity contribution in [2.75, 3.05) is 0 Å². The minimum absolute atomic E-state index is 0.00776. The fourth-order valence-electron chi connectivity index (χ4n) is 2.58. The number of halogens is 2. The molecule has 113 valence electrons. The van der Waals surface area contributed by atoms with E-state index in [0.29, 0.717) is 6.42 Å². The summed E-state index contributed by atoms with van der Waals surface area (Å²) in [5.41, 5.74) is 2.57. The third kappa shape index (κ3) is 5.00. The van der Waals surface area contributed by atoms with Gasteiger partial charge in [-0.2, -0.15) is 0 Å². The molecule has 0 bridgehead atoms. The third-order valence-electron chi connectivity index (χ3n) is 3.82. The number of rotatable bonds is 4. The molecular formula is C17H27F2Si. The van der Waals surface area contributed by atoms with Crippen LogP contribution in [0.1, 0.15) is 65.0 Å². The first kappa shape index (κ1) is 17.3. The SMILES string of the molecule is CC(C)(C)c1cccc(C(CC[Si](F)F)C(C)(C)C)c1. The molecule has 0 saturated carbocycles. The highest BCUT2D eigenvalue weighted by molar-refractivity contribution is 6.42. The van der Waals surface area contributed by atoms with Crippen molar-refractivity contribution >= 4 is 9.46 Å². The van der Waals surface area contributed by atoms with Gasteiger partial charge in [-0.1, -0.05) is 65.8 Å². The van der Waals surface area contributed by atoms with E-state index in [9.17, 15) is 8.22 Å².